The first-order valence-corrected chi connectivity index (χ1v) is 10.1. The zero-order valence-corrected chi connectivity index (χ0v) is 17.2. The van der Waals surface area contributed by atoms with Crippen LogP contribution in [0.5, 0.6) is 17.2 Å². The van der Waals surface area contributed by atoms with Crippen LogP contribution in [0.3, 0.4) is 0 Å². The number of amides is 3. The van der Waals surface area contributed by atoms with Crippen LogP contribution in [0.2, 0.25) is 0 Å². The maximum atomic E-state index is 12.6. The molecule has 0 atom stereocenters. The second-order valence-corrected chi connectivity index (χ2v) is 7.63. The highest BCUT2D eigenvalue weighted by molar-refractivity contribution is 8.18. The summed E-state index contributed by atoms with van der Waals surface area (Å²) >= 11 is 0.733. The molecule has 4 rings (SSSR count). The first-order valence-electron chi connectivity index (χ1n) is 9.28. The molecule has 0 aromatic heterocycles. The van der Waals surface area contributed by atoms with E-state index in [4.69, 9.17) is 19.3 Å². The Hall–Kier alpha value is -3.99. The smallest absolute Gasteiger partial charge is 0.341 e. The molecule has 0 radical (unpaired) electrons. The summed E-state index contributed by atoms with van der Waals surface area (Å²) in [5, 5.41) is 10.7. The van der Waals surface area contributed by atoms with Crippen molar-refractivity contribution in [2.45, 2.75) is 0 Å². The number of carboxylic acid groups (broad SMARTS) is 1. The Morgan fingerprint density at radius 3 is 2.62 bits per heavy atom. The van der Waals surface area contributed by atoms with Crippen LogP contribution >= 0.6 is 11.8 Å². The lowest BCUT2D eigenvalue weighted by Gasteiger charge is -2.12. The maximum Gasteiger partial charge on any atom is 0.341 e. The largest absolute Gasteiger partial charge is 0.482 e. The number of hydrogen-bond donors (Lipinski definition) is 2. The van der Waals surface area contributed by atoms with Gasteiger partial charge >= 0.3 is 5.97 Å². The summed E-state index contributed by atoms with van der Waals surface area (Å²) in [5.74, 6) is -0.778. The average molecular weight is 456 g/mol. The molecule has 11 heteroatoms. The highest BCUT2D eigenvalue weighted by atomic mass is 32.2. The van der Waals surface area contributed by atoms with Gasteiger partial charge in [0.2, 0.25) is 12.7 Å². The van der Waals surface area contributed by atoms with Crippen LogP contribution in [0.15, 0.2) is 47.4 Å². The Kier molecular flexibility index (Phi) is 5.99. The Morgan fingerprint density at radius 1 is 1.12 bits per heavy atom. The Bertz CT molecular complexity index is 1130. The molecule has 2 aliphatic rings. The third kappa shape index (κ3) is 4.83. The van der Waals surface area contributed by atoms with Crippen molar-refractivity contribution in [2.75, 3.05) is 25.3 Å². The van der Waals surface area contributed by atoms with E-state index in [-0.39, 0.29) is 11.7 Å². The van der Waals surface area contributed by atoms with Gasteiger partial charge in [-0.3, -0.25) is 19.3 Å². The van der Waals surface area contributed by atoms with Gasteiger partial charge < -0.3 is 24.6 Å². The second-order valence-electron chi connectivity index (χ2n) is 6.64. The van der Waals surface area contributed by atoms with Crippen LogP contribution in [0.1, 0.15) is 5.56 Å². The molecule has 2 N–H and O–H groups in total. The van der Waals surface area contributed by atoms with E-state index in [0.717, 1.165) is 16.7 Å². The lowest BCUT2D eigenvalue weighted by molar-refractivity contribution is -0.139. The molecule has 10 nitrogen and oxygen atoms in total. The van der Waals surface area contributed by atoms with Crippen molar-refractivity contribution in [3.05, 3.63) is 52.9 Å². The zero-order valence-electron chi connectivity index (χ0n) is 16.4. The Labute approximate surface area is 185 Å². The van der Waals surface area contributed by atoms with Crippen LogP contribution in [-0.4, -0.2) is 53.0 Å². The van der Waals surface area contributed by atoms with Crippen molar-refractivity contribution in [1.82, 2.24) is 4.90 Å². The number of nitrogens with zero attached hydrogens (tertiary/aromatic N) is 1. The summed E-state index contributed by atoms with van der Waals surface area (Å²) in [5.41, 5.74) is 1.06. The molecule has 1 saturated heterocycles. The molecule has 0 bridgehead atoms. The van der Waals surface area contributed by atoms with E-state index < -0.39 is 36.2 Å². The minimum Gasteiger partial charge on any atom is -0.482 e. The minimum absolute atomic E-state index is 0.105. The number of imide groups is 1. The Morgan fingerprint density at radius 2 is 1.88 bits per heavy atom. The van der Waals surface area contributed by atoms with Gasteiger partial charge in [-0.2, -0.15) is 0 Å². The van der Waals surface area contributed by atoms with Crippen LogP contribution in [-0.2, 0) is 14.4 Å². The van der Waals surface area contributed by atoms with Gasteiger partial charge in [-0.1, -0.05) is 12.1 Å². The standard InChI is InChI=1S/C21H16N2O8S/c24-18(22-13-3-6-15-16(8-13)31-11-30-15)9-23-20(27)17(32-21(23)28)7-12-1-4-14(5-2-12)29-10-19(25)26/h1-8H,9-11H2,(H,22,24)(H,25,26)/b17-7-. The summed E-state index contributed by atoms with van der Waals surface area (Å²) in [6.45, 7) is -0.793. The van der Waals surface area contributed by atoms with E-state index in [0.29, 0.717) is 28.5 Å². The quantitative estimate of drug-likeness (QED) is 0.603. The highest BCUT2D eigenvalue weighted by Crippen LogP contribution is 2.35. The van der Waals surface area contributed by atoms with E-state index in [2.05, 4.69) is 5.32 Å². The van der Waals surface area contributed by atoms with Crippen molar-refractivity contribution in [1.29, 1.82) is 0 Å². The topological polar surface area (TPSA) is 131 Å². The molecule has 164 valence electrons. The zero-order chi connectivity index (χ0) is 22.7. The number of carboxylic acids is 1. The number of carbonyl (C=O) groups excluding carboxylic acids is 3. The molecule has 0 unspecified atom stereocenters. The summed E-state index contributed by atoms with van der Waals surface area (Å²) in [4.78, 5) is 48.8. The first-order chi connectivity index (χ1) is 15.4. The number of anilines is 1. The van der Waals surface area contributed by atoms with Gasteiger partial charge in [0.1, 0.15) is 12.3 Å². The number of ether oxygens (including phenoxy) is 3. The fourth-order valence-corrected chi connectivity index (χ4v) is 3.75. The van der Waals surface area contributed by atoms with E-state index in [1.165, 1.54) is 6.08 Å². The number of hydrogen-bond acceptors (Lipinski definition) is 8. The number of aliphatic carboxylic acids is 1. The van der Waals surface area contributed by atoms with Crippen LogP contribution in [0.25, 0.3) is 6.08 Å². The molecule has 2 aliphatic heterocycles. The van der Waals surface area contributed by atoms with E-state index in [1.54, 1.807) is 42.5 Å². The fourth-order valence-electron chi connectivity index (χ4n) is 2.91. The van der Waals surface area contributed by atoms with Gasteiger partial charge in [-0.05, 0) is 47.7 Å². The molecule has 1 fully saturated rings. The maximum absolute atomic E-state index is 12.6. The molecule has 0 spiro atoms. The van der Waals surface area contributed by atoms with Crippen molar-refractivity contribution >= 4 is 46.5 Å². The Balaban J connectivity index is 1.38. The summed E-state index contributed by atoms with van der Waals surface area (Å²) in [7, 11) is 0. The molecular formula is C21H16N2O8S. The van der Waals surface area contributed by atoms with Crippen molar-refractivity contribution in [3.63, 3.8) is 0 Å². The van der Waals surface area contributed by atoms with E-state index in [1.807, 2.05) is 0 Å². The van der Waals surface area contributed by atoms with Gasteiger partial charge in [-0.15, -0.1) is 0 Å². The molecule has 2 aromatic carbocycles. The number of thioether (sulfide) groups is 1. The highest BCUT2D eigenvalue weighted by Gasteiger charge is 2.36. The number of nitrogens with one attached hydrogen (secondary N) is 1. The number of rotatable bonds is 7. The molecule has 0 aliphatic carbocycles. The monoisotopic (exact) mass is 456 g/mol. The minimum atomic E-state index is -1.09. The van der Waals surface area contributed by atoms with Gasteiger partial charge in [0, 0.05) is 11.8 Å². The van der Waals surface area contributed by atoms with Gasteiger partial charge in [0.25, 0.3) is 11.1 Å². The lowest BCUT2D eigenvalue weighted by atomic mass is 10.2. The molecule has 3 amide bonds. The predicted molar refractivity (Wildman–Crippen MR) is 113 cm³/mol. The van der Waals surface area contributed by atoms with Crippen LogP contribution in [0, 0.1) is 0 Å². The van der Waals surface area contributed by atoms with Crippen molar-refractivity contribution in [2.24, 2.45) is 0 Å². The summed E-state index contributed by atoms with van der Waals surface area (Å²) in [6.07, 6.45) is 1.52. The number of benzene rings is 2. The summed E-state index contributed by atoms with van der Waals surface area (Å²) in [6, 6.07) is 11.2. The van der Waals surface area contributed by atoms with Crippen LogP contribution < -0.4 is 19.5 Å². The van der Waals surface area contributed by atoms with Crippen molar-refractivity contribution in [3.8, 4) is 17.2 Å². The molecule has 0 saturated carbocycles. The third-order valence-corrected chi connectivity index (χ3v) is 5.28. The predicted octanol–water partition coefficient (Wildman–Crippen LogP) is 2.55. The molecular weight excluding hydrogens is 440 g/mol. The van der Waals surface area contributed by atoms with E-state index >= 15 is 0 Å². The SMILES string of the molecule is O=C(O)COc1ccc(/C=C2\SC(=O)N(CC(=O)Nc3ccc4c(c3)OCO4)C2=O)cc1. The van der Waals surface area contributed by atoms with E-state index in [9.17, 15) is 19.2 Å². The molecule has 2 heterocycles. The van der Waals surface area contributed by atoms with Gasteiger partial charge in [0.15, 0.2) is 18.1 Å². The average Bonchev–Trinajstić information content (AvgIpc) is 3.33. The third-order valence-electron chi connectivity index (χ3n) is 4.37. The van der Waals surface area contributed by atoms with Crippen LogP contribution in [0.4, 0.5) is 10.5 Å². The van der Waals surface area contributed by atoms with Gasteiger partial charge in [-0.25, -0.2) is 4.79 Å². The fraction of sp³-hybridized carbons (Fsp3) is 0.143. The first kappa shape index (κ1) is 21.2. The number of fused-ring (bicyclic) bond motifs is 1. The second kappa shape index (κ2) is 9.02. The summed E-state index contributed by atoms with van der Waals surface area (Å²) < 4.78 is 15.5. The van der Waals surface area contributed by atoms with Crippen molar-refractivity contribution < 1.29 is 38.5 Å². The number of carbonyl (C=O) groups is 4. The normalized spacial score (nSPS) is 15.9. The molecule has 32 heavy (non-hydrogen) atoms. The lowest BCUT2D eigenvalue weighted by Crippen LogP contribution is -2.36. The van der Waals surface area contributed by atoms with Gasteiger partial charge in [0.05, 0.1) is 4.91 Å². The molecule has 2 aromatic rings.